The smallest absolute Gasteiger partial charge is 0.414 e. The maximum atomic E-state index is 11.9. The Morgan fingerprint density at radius 3 is 2.79 bits per heavy atom. The van der Waals surface area contributed by atoms with Crippen molar-refractivity contribution in [2.75, 3.05) is 18.6 Å². The molecule has 0 aliphatic rings. The quantitative estimate of drug-likeness (QED) is 0.713. The number of hydrogen-bond acceptors (Lipinski definition) is 2. The lowest BCUT2D eigenvalue weighted by molar-refractivity contribution is 0.152. The standard InChI is InChI=1S/C15H21ClNO2/c1-4-5-6-7-11-19-15(18)17(3)14-10-8-9-13(16)12(14)2/h8-10H,1,4-7,11H2,2-3H3. The Hall–Kier alpha value is -1.22. The molecule has 0 bridgehead atoms. The molecule has 0 fully saturated rings. The second kappa shape index (κ2) is 8.05. The first kappa shape index (κ1) is 15.8. The molecule has 105 valence electrons. The Morgan fingerprint density at radius 1 is 1.37 bits per heavy atom. The average Bonchev–Trinajstić information content (AvgIpc) is 2.40. The Labute approximate surface area is 120 Å². The summed E-state index contributed by atoms with van der Waals surface area (Å²) in [6, 6.07) is 5.48. The number of rotatable bonds is 6. The van der Waals surface area contributed by atoms with Crippen LogP contribution in [0.4, 0.5) is 10.5 Å². The predicted molar refractivity (Wildman–Crippen MR) is 79.8 cm³/mol. The molecule has 0 aliphatic heterocycles. The Balaban J connectivity index is 2.50. The van der Waals surface area contributed by atoms with Crippen LogP contribution in [0.1, 0.15) is 31.2 Å². The number of nitrogens with zero attached hydrogens (tertiary/aromatic N) is 1. The lowest BCUT2D eigenvalue weighted by atomic mass is 10.2. The molecule has 0 unspecified atom stereocenters. The van der Waals surface area contributed by atoms with Gasteiger partial charge in [0.1, 0.15) is 0 Å². The van der Waals surface area contributed by atoms with Crippen molar-refractivity contribution in [1.82, 2.24) is 0 Å². The summed E-state index contributed by atoms with van der Waals surface area (Å²) in [6.45, 7) is 6.11. The van der Waals surface area contributed by atoms with Gasteiger partial charge < -0.3 is 4.74 Å². The van der Waals surface area contributed by atoms with Crippen LogP contribution in [-0.4, -0.2) is 19.7 Å². The highest BCUT2D eigenvalue weighted by Crippen LogP contribution is 2.26. The summed E-state index contributed by atoms with van der Waals surface area (Å²) < 4.78 is 5.22. The third-order valence-corrected chi connectivity index (χ3v) is 3.40. The van der Waals surface area contributed by atoms with Gasteiger partial charge in [0.2, 0.25) is 0 Å². The second-order valence-corrected chi connectivity index (χ2v) is 4.88. The zero-order valence-electron chi connectivity index (χ0n) is 11.6. The number of anilines is 1. The summed E-state index contributed by atoms with van der Waals surface area (Å²) in [5.74, 6) is 0. The van der Waals surface area contributed by atoms with Crippen molar-refractivity contribution in [2.45, 2.75) is 32.6 Å². The number of ether oxygens (including phenoxy) is 1. The van der Waals surface area contributed by atoms with Crippen LogP contribution in [0.5, 0.6) is 0 Å². The first-order chi connectivity index (χ1) is 9.07. The molecule has 0 atom stereocenters. The van der Waals surface area contributed by atoms with Crippen molar-refractivity contribution in [3.05, 3.63) is 35.7 Å². The van der Waals surface area contributed by atoms with Crippen LogP contribution in [0, 0.1) is 13.8 Å². The fourth-order valence-corrected chi connectivity index (χ4v) is 1.94. The molecule has 0 spiro atoms. The third-order valence-electron chi connectivity index (χ3n) is 2.99. The minimum absolute atomic E-state index is 0.347. The molecule has 1 rings (SSSR count). The number of hydrogen-bond donors (Lipinski definition) is 0. The van der Waals surface area contributed by atoms with E-state index in [0.29, 0.717) is 11.6 Å². The van der Waals surface area contributed by atoms with Gasteiger partial charge >= 0.3 is 6.09 Å². The lowest BCUT2D eigenvalue weighted by Crippen LogP contribution is -2.28. The van der Waals surface area contributed by atoms with Crippen molar-refractivity contribution in [3.8, 4) is 0 Å². The highest BCUT2D eigenvalue weighted by molar-refractivity contribution is 6.31. The molecule has 0 aliphatic carbocycles. The number of carbonyl (C=O) groups is 1. The Kier molecular flexibility index (Phi) is 6.71. The van der Waals surface area contributed by atoms with E-state index < -0.39 is 0 Å². The topological polar surface area (TPSA) is 29.5 Å². The number of amides is 1. The molecule has 4 heteroatoms. The van der Waals surface area contributed by atoms with Crippen LogP contribution in [0.2, 0.25) is 5.02 Å². The van der Waals surface area contributed by atoms with E-state index >= 15 is 0 Å². The van der Waals surface area contributed by atoms with Gasteiger partial charge in [-0.25, -0.2) is 4.79 Å². The van der Waals surface area contributed by atoms with Crippen molar-refractivity contribution in [3.63, 3.8) is 0 Å². The van der Waals surface area contributed by atoms with E-state index in [1.54, 1.807) is 13.1 Å². The third kappa shape index (κ3) is 4.75. The zero-order chi connectivity index (χ0) is 14.3. The molecule has 0 N–H and O–H groups in total. The lowest BCUT2D eigenvalue weighted by Gasteiger charge is -2.19. The minimum atomic E-state index is -0.347. The molecular formula is C15H21ClNO2. The molecule has 1 aromatic rings. The number of halogens is 1. The number of benzene rings is 1. The molecule has 0 aromatic heterocycles. The van der Waals surface area contributed by atoms with Crippen LogP contribution in [0.15, 0.2) is 18.2 Å². The summed E-state index contributed by atoms with van der Waals surface area (Å²) in [6.07, 6.45) is 3.57. The Bertz CT molecular complexity index is 421. The normalized spacial score (nSPS) is 10.3. The largest absolute Gasteiger partial charge is 0.449 e. The minimum Gasteiger partial charge on any atom is -0.449 e. The highest BCUT2D eigenvalue weighted by atomic mass is 35.5. The number of unbranched alkanes of at least 4 members (excludes halogenated alkanes) is 3. The summed E-state index contributed by atoms with van der Waals surface area (Å²) >= 11 is 6.04. The van der Waals surface area contributed by atoms with E-state index in [1.807, 2.05) is 19.1 Å². The van der Waals surface area contributed by atoms with Crippen LogP contribution >= 0.6 is 11.6 Å². The maximum Gasteiger partial charge on any atom is 0.414 e. The molecule has 0 saturated heterocycles. The molecule has 3 nitrogen and oxygen atoms in total. The molecule has 1 amide bonds. The van der Waals surface area contributed by atoms with Gasteiger partial charge in [0.25, 0.3) is 0 Å². The molecule has 1 radical (unpaired) electrons. The predicted octanol–water partition coefficient (Wildman–Crippen LogP) is 4.62. The molecule has 0 heterocycles. The van der Waals surface area contributed by atoms with E-state index in [2.05, 4.69) is 6.92 Å². The maximum absolute atomic E-state index is 11.9. The van der Waals surface area contributed by atoms with E-state index in [9.17, 15) is 4.79 Å². The van der Waals surface area contributed by atoms with Gasteiger partial charge in [-0.1, -0.05) is 43.9 Å². The zero-order valence-corrected chi connectivity index (χ0v) is 12.4. The molecular weight excluding hydrogens is 262 g/mol. The van der Waals surface area contributed by atoms with Gasteiger partial charge in [-0.2, -0.15) is 0 Å². The van der Waals surface area contributed by atoms with Crippen molar-refractivity contribution in [2.24, 2.45) is 0 Å². The SMILES string of the molecule is [CH2]CCCCCOC(=O)N(C)c1cccc(Cl)c1C. The van der Waals surface area contributed by atoms with Crippen molar-refractivity contribution < 1.29 is 9.53 Å². The summed E-state index contributed by atoms with van der Waals surface area (Å²) in [4.78, 5) is 13.4. The van der Waals surface area contributed by atoms with Crippen LogP contribution in [-0.2, 0) is 4.74 Å². The van der Waals surface area contributed by atoms with Crippen molar-refractivity contribution in [1.29, 1.82) is 0 Å². The van der Waals surface area contributed by atoms with Crippen LogP contribution in [0.25, 0.3) is 0 Å². The van der Waals surface area contributed by atoms with Crippen LogP contribution in [0.3, 0.4) is 0 Å². The summed E-state index contributed by atoms with van der Waals surface area (Å²) in [5.41, 5.74) is 1.65. The van der Waals surface area contributed by atoms with E-state index in [-0.39, 0.29) is 6.09 Å². The van der Waals surface area contributed by atoms with Crippen molar-refractivity contribution >= 4 is 23.4 Å². The van der Waals surface area contributed by atoms with E-state index in [4.69, 9.17) is 16.3 Å². The summed E-state index contributed by atoms with van der Waals surface area (Å²) in [7, 11) is 1.69. The second-order valence-electron chi connectivity index (χ2n) is 4.47. The molecule has 1 aromatic carbocycles. The summed E-state index contributed by atoms with van der Waals surface area (Å²) in [5, 5.41) is 0.646. The van der Waals surface area contributed by atoms with Crippen LogP contribution < -0.4 is 4.90 Å². The number of carbonyl (C=O) groups excluding carboxylic acids is 1. The van der Waals surface area contributed by atoms with E-state index in [0.717, 1.165) is 36.9 Å². The molecule has 19 heavy (non-hydrogen) atoms. The van der Waals surface area contributed by atoms with Gasteiger partial charge in [-0.05, 0) is 31.0 Å². The molecule has 0 saturated carbocycles. The van der Waals surface area contributed by atoms with Gasteiger partial charge in [0, 0.05) is 12.1 Å². The van der Waals surface area contributed by atoms with Gasteiger partial charge in [-0.15, -0.1) is 0 Å². The van der Waals surface area contributed by atoms with Gasteiger partial charge in [0.15, 0.2) is 0 Å². The first-order valence-electron chi connectivity index (χ1n) is 6.52. The van der Waals surface area contributed by atoms with E-state index in [1.165, 1.54) is 4.90 Å². The average molecular weight is 283 g/mol. The van der Waals surface area contributed by atoms with Gasteiger partial charge in [0.05, 0.1) is 12.3 Å². The fourth-order valence-electron chi connectivity index (χ4n) is 1.77. The Morgan fingerprint density at radius 2 is 2.11 bits per heavy atom. The first-order valence-corrected chi connectivity index (χ1v) is 6.90. The monoisotopic (exact) mass is 282 g/mol. The fraction of sp³-hybridized carbons (Fsp3) is 0.467. The highest BCUT2D eigenvalue weighted by Gasteiger charge is 2.15. The van der Waals surface area contributed by atoms with Gasteiger partial charge in [-0.3, -0.25) is 4.90 Å².